The first kappa shape index (κ1) is 29.5. The Bertz CT molecular complexity index is 1670. The summed E-state index contributed by atoms with van der Waals surface area (Å²) in [6.07, 6.45) is 5.19. The van der Waals surface area contributed by atoms with Crippen LogP contribution in [-0.2, 0) is 36.6 Å². The molecule has 0 bridgehead atoms. The van der Waals surface area contributed by atoms with E-state index in [0.717, 1.165) is 64.9 Å². The highest BCUT2D eigenvalue weighted by atomic mass is 16.5. The summed E-state index contributed by atoms with van der Waals surface area (Å²) in [6.45, 7) is 2.89. The highest BCUT2D eigenvalue weighted by Crippen LogP contribution is 2.30. The molecule has 10 nitrogen and oxygen atoms in total. The fraction of sp³-hybridized carbons (Fsp3) is 0.438. The number of carbonyl (C=O) groups is 1. The molecule has 42 heavy (non-hydrogen) atoms. The quantitative estimate of drug-likeness (QED) is 0.292. The van der Waals surface area contributed by atoms with Gasteiger partial charge in [-0.1, -0.05) is 36.4 Å². The van der Waals surface area contributed by atoms with Gasteiger partial charge in [0.1, 0.15) is 5.82 Å². The van der Waals surface area contributed by atoms with Gasteiger partial charge in [-0.3, -0.25) is 14.2 Å². The van der Waals surface area contributed by atoms with Crippen molar-refractivity contribution >= 4 is 16.9 Å². The molecule has 2 unspecified atom stereocenters. The van der Waals surface area contributed by atoms with Crippen molar-refractivity contribution in [3.8, 4) is 11.1 Å². The van der Waals surface area contributed by atoms with Gasteiger partial charge in [-0.15, -0.1) is 0 Å². The fourth-order valence-corrected chi connectivity index (χ4v) is 5.98. The zero-order chi connectivity index (χ0) is 29.8. The summed E-state index contributed by atoms with van der Waals surface area (Å²) < 4.78 is 10.1. The summed E-state index contributed by atoms with van der Waals surface area (Å²) >= 11 is 0. The number of rotatable bonds is 10. The largest absolute Gasteiger partial charge is 0.385 e. The van der Waals surface area contributed by atoms with Crippen LogP contribution in [0, 0.1) is 0 Å². The van der Waals surface area contributed by atoms with Gasteiger partial charge in [0.2, 0.25) is 5.91 Å². The van der Waals surface area contributed by atoms with E-state index in [1.54, 1.807) is 20.4 Å². The predicted molar refractivity (Wildman–Crippen MR) is 163 cm³/mol. The number of nitrogens with two attached hydrogens (primary N) is 1. The number of carbonyl (C=O) groups excluding carboxylic acids is 1. The Balaban J connectivity index is 1.23. The zero-order valence-electron chi connectivity index (χ0n) is 24.7. The lowest BCUT2D eigenvalue weighted by molar-refractivity contribution is -0.132. The summed E-state index contributed by atoms with van der Waals surface area (Å²) in [6, 6.07) is 15.5. The van der Waals surface area contributed by atoms with Crippen molar-refractivity contribution in [2.45, 2.75) is 50.6 Å². The van der Waals surface area contributed by atoms with Crippen LogP contribution in [0.2, 0.25) is 0 Å². The Morgan fingerprint density at radius 1 is 1.12 bits per heavy atom. The van der Waals surface area contributed by atoms with Crippen molar-refractivity contribution in [2.75, 3.05) is 26.8 Å². The number of para-hydroxylation sites is 2. The monoisotopic (exact) mass is 572 g/mol. The molecule has 0 saturated carbocycles. The van der Waals surface area contributed by atoms with Gasteiger partial charge in [0.25, 0.3) is 5.56 Å². The third kappa shape index (κ3) is 6.24. The van der Waals surface area contributed by atoms with E-state index in [2.05, 4.69) is 10.6 Å². The molecule has 0 radical (unpaired) electrons. The lowest BCUT2D eigenvalue weighted by Gasteiger charge is -2.33. The number of benzene rings is 2. The normalized spacial score (nSPS) is 16.2. The number of aryl methyl sites for hydroxylation is 2. The van der Waals surface area contributed by atoms with Crippen molar-refractivity contribution in [3.63, 3.8) is 0 Å². The van der Waals surface area contributed by atoms with Gasteiger partial charge in [-0.2, -0.15) is 0 Å². The number of amides is 1. The summed E-state index contributed by atoms with van der Waals surface area (Å²) in [5.41, 5.74) is 10.0. The van der Waals surface area contributed by atoms with E-state index in [1.165, 1.54) is 11.6 Å². The van der Waals surface area contributed by atoms with Crippen LogP contribution in [0.25, 0.3) is 22.2 Å². The molecule has 2 aromatic carbocycles. The summed E-state index contributed by atoms with van der Waals surface area (Å²) in [4.78, 5) is 44.9. The molecule has 0 aliphatic carbocycles. The van der Waals surface area contributed by atoms with Gasteiger partial charge in [0.15, 0.2) is 0 Å². The number of imidazole rings is 1. The van der Waals surface area contributed by atoms with Crippen molar-refractivity contribution in [1.82, 2.24) is 23.6 Å². The number of ether oxygens (including phenoxy) is 1. The molecule has 2 aromatic heterocycles. The highest BCUT2D eigenvalue weighted by molar-refractivity contribution is 5.78. The maximum Gasteiger partial charge on any atom is 0.330 e. The number of aromatic nitrogens is 4. The first-order chi connectivity index (χ1) is 20.3. The SMILES string of the molecule is COCCCn1c(C2CCCN(C(=O)CC(N)Cc3ccc(-c4cn(C)c(=O)n(C)c4=O)cc3)C2)nc2ccccc21. The lowest BCUT2D eigenvalue weighted by atomic mass is 9.95. The molecule has 2 N–H and O–H groups in total. The number of nitrogens with zero attached hydrogens (tertiary/aromatic N) is 5. The Labute approximate surface area is 245 Å². The molecule has 1 aliphatic rings. The second kappa shape index (κ2) is 12.9. The number of likely N-dealkylation sites (tertiary alicyclic amines) is 1. The van der Waals surface area contributed by atoms with E-state index in [1.807, 2.05) is 47.4 Å². The van der Waals surface area contributed by atoms with E-state index in [-0.39, 0.29) is 35.5 Å². The first-order valence-corrected chi connectivity index (χ1v) is 14.6. The van der Waals surface area contributed by atoms with Crippen molar-refractivity contribution < 1.29 is 9.53 Å². The molecule has 3 heterocycles. The number of piperidine rings is 1. The van der Waals surface area contributed by atoms with Gasteiger partial charge < -0.3 is 24.5 Å². The molecule has 5 rings (SSSR count). The standard InChI is InChI=1S/C32H40N6O4/c1-35-21-26(31(40)36(2)32(35)41)23-13-11-22(12-14-23)18-25(33)19-29(39)37-15-6-8-24(20-37)30-34-27-9-4-5-10-28(27)38(30)16-7-17-42-3/h4-5,9-14,21,24-25H,6-8,15-20,33H2,1-3H3. The highest BCUT2D eigenvalue weighted by Gasteiger charge is 2.29. The molecule has 222 valence electrons. The molecular formula is C32H40N6O4. The summed E-state index contributed by atoms with van der Waals surface area (Å²) in [5, 5.41) is 0. The summed E-state index contributed by atoms with van der Waals surface area (Å²) in [5.74, 6) is 1.29. The average molecular weight is 573 g/mol. The maximum absolute atomic E-state index is 13.3. The minimum Gasteiger partial charge on any atom is -0.385 e. The number of hydrogen-bond acceptors (Lipinski definition) is 6. The number of methoxy groups -OCH3 is 1. The van der Waals surface area contributed by atoms with Crippen LogP contribution >= 0.6 is 0 Å². The average Bonchev–Trinajstić information content (AvgIpc) is 3.37. The molecule has 1 amide bonds. The van der Waals surface area contributed by atoms with Gasteiger partial charge in [0.05, 0.1) is 16.6 Å². The topological polar surface area (TPSA) is 117 Å². The van der Waals surface area contributed by atoms with E-state index in [9.17, 15) is 14.4 Å². The van der Waals surface area contributed by atoms with Crippen LogP contribution in [0.3, 0.4) is 0 Å². The van der Waals surface area contributed by atoms with Crippen molar-refractivity contribution in [3.05, 3.63) is 87.0 Å². The molecular weight excluding hydrogens is 532 g/mol. The summed E-state index contributed by atoms with van der Waals surface area (Å²) in [7, 11) is 4.82. The van der Waals surface area contributed by atoms with Crippen LogP contribution in [0.15, 0.2) is 64.3 Å². The van der Waals surface area contributed by atoms with E-state index in [4.69, 9.17) is 15.5 Å². The lowest BCUT2D eigenvalue weighted by Crippen LogP contribution is -2.42. The van der Waals surface area contributed by atoms with Crippen molar-refractivity contribution in [1.29, 1.82) is 0 Å². The van der Waals surface area contributed by atoms with Gasteiger partial charge in [-0.25, -0.2) is 9.78 Å². The first-order valence-electron chi connectivity index (χ1n) is 14.6. The van der Waals surface area contributed by atoms with Gasteiger partial charge >= 0.3 is 5.69 Å². The molecule has 1 fully saturated rings. The predicted octanol–water partition coefficient (Wildman–Crippen LogP) is 2.80. The third-order valence-corrected chi connectivity index (χ3v) is 8.20. The fourth-order valence-electron chi connectivity index (χ4n) is 5.98. The van der Waals surface area contributed by atoms with Crippen LogP contribution in [-0.4, -0.2) is 62.3 Å². The number of fused-ring (bicyclic) bond motifs is 1. The van der Waals surface area contributed by atoms with Crippen LogP contribution in [0.4, 0.5) is 0 Å². The second-order valence-electron chi connectivity index (χ2n) is 11.3. The Hall–Kier alpha value is -4.02. The third-order valence-electron chi connectivity index (χ3n) is 8.20. The minimum absolute atomic E-state index is 0.0690. The van der Waals surface area contributed by atoms with Crippen LogP contribution < -0.4 is 17.0 Å². The maximum atomic E-state index is 13.3. The number of hydrogen-bond donors (Lipinski definition) is 1. The molecule has 10 heteroatoms. The molecule has 1 saturated heterocycles. The molecule has 4 aromatic rings. The van der Waals surface area contributed by atoms with E-state index >= 15 is 0 Å². The smallest absolute Gasteiger partial charge is 0.330 e. The van der Waals surface area contributed by atoms with E-state index < -0.39 is 0 Å². The minimum atomic E-state index is -0.364. The molecule has 0 spiro atoms. The van der Waals surface area contributed by atoms with Gasteiger partial charge in [-0.05, 0) is 48.9 Å². The van der Waals surface area contributed by atoms with Crippen LogP contribution in [0.5, 0.6) is 0 Å². The van der Waals surface area contributed by atoms with Gasteiger partial charge in [0, 0.05) is 72.0 Å². The Morgan fingerprint density at radius 2 is 1.88 bits per heavy atom. The molecule has 2 atom stereocenters. The zero-order valence-corrected chi connectivity index (χ0v) is 24.7. The van der Waals surface area contributed by atoms with Crippen LogP contribution in [0.1, 0.15) is 43.0 Å². The van der Waals surface area contributed by atoms with E-state index in [0.29, 0.717) is 25.1 Å². The Kier molecular flexibility index (Phi) is 9.03. The molecule has 1 aliphatic heterocycles. The second-order valence-corrected chi connectivity index (χ2v) is 11.3. The van der Waals surface area contributed by atoms with Crippen molar-refractivity contribution in [2.24, 2.45) is 19.8 Å². The Morgan fingerprint density at radius 3 is 2.64 bits per heavy atom.